The zero-order chi connectivity index (χ0) is 17.6. The minimum absolute atomic E-state index is 0.0180. The van der Waals surface area contributed by atoms with Crippen LogP contribution in [0.4, 0.5) is 10.1 Å². The molecule has 2 atom stereocenters. The average Bonchev–Trinajstić information content (AvgIpc) is 2.54. The molecule has 2 saturated heterocycles. The molecule has 0 aromatic heterocycles. The summed E-state index contributed by atoms with van der Waals surface area (Å²) >= 11 is 0. The van der Waals surface area contributed by atoms with Crippen LogP contribution < -0.4 is 4.90 Å². The molecule has 0 N–H and O–H groups in total. The summed E-state index contributed by atoms with van der Waals surface area (Å²) in [7, 11) is 0. The number of hydrogen-bond donors (Lipinski definition) is 0. The molecule has 0 bridgehead atoms. The molecule has 2 heterocycles. The van der Waals surface area contributed by atoms with E-state index in [4.69, 9.17) is 4.74 Å². The number of halogens is 1. The SMILES string of the molecule is C[C@@]12CN(C(=O)C3CCC3)CC[C@H]1N(c1ccc(F)cc1)C(=O)CO2. The lowest BCUT2D eigenvalue weighted by atomic mass is 9.81. The Bertz CT molecular complexity index is 688. The van der Waals surface area contributed by atoms with E-state index >= 15 is 0 Å². The summed E-state index contributed by atoms with van der Waals surface area (Å²) in [6, 6.07) is 5.84. The number of morpholine rings is 1. The summed E-state index contributed by atoms with van der Waals surface area (Å²) in [5, 5.41) is 0. The first kappa shape index (κ1) is 16.5. The number of hydrogen-bond acceptors (Lipinski definition) is 3. The van der Waals surface area contributed by atoms with Crippen LogP contribution in [-0.2, 0) is 14.3 Å². The lowest BCUT2D eigenvalue weighted by molar-refractivity contribution is -0.161. The Balaban J connectivity index is 1.57. The normalized spacial score (nSPS) is 30.0. The summed E-state index contributed by atoms with van der Waals surface area (Å²) in [5.41, 5.74) is 0.0876. The molecule has 6 heteroatoms. The molecule has 0 radical (unpaired) electrons. The molecular formula is C19H23FN2O3. The van der Waals surface area contributed by atoms with Crippen molar-refractivity contribution in [2.75, 3.05) is 24.6 Å². The van der Waals surface area contributed by atoms with Crippen LogP contribution in [0.5, 0.6) is 0 Å². The fourth-order valence-corrected chi connectivity index (χ4v) is 4.19. The molecule has 1 saturated carbocycles. The predicted octanol–water partition coefficient (Wildman–Crippen LogP) is 2.35. The van der Waals surface area contributed by atoms with Gasteiger partial charge in [0.25, 0.3) is 5.91 Å². The molecule has 3 fully saturated rings. The third-order valence-electron chi connectivity index (χ3n) is 5.86. The lowest BCUT2D eigenvalue weighted by Crippen LogP contribution is -2.69. The topological polar surface area (TPSA) is 49.9 Å². The van der Waals surface area contributed by atoms with Crippen molar-refractivity contribution in [3.8, 4) is 0 Å². The van der Waals surface area contributed by atoms with E-state index in [-0.39, 0.29) is 36.2 Å². The van der Waals surface area contributed by atoms with Gasteiger partial charge >= 0.3 is 0 Å². The highest BCUT2D eigenvalue weighted by atomic mass is 19.1. The smallest absolute Gasteiger partial charge is 0.253 e. The summed E-state index contributed by atoms with van der Waals surface area (Å²) in [4.78, 5) is 28.7. The molecule has 25 heavy (non-hydrogen) atoms. The van der Waals surface area contributed by atoms with Gasteiger partial charge in [0.1, 0.15) is 18.0 Å². The maximum atomic E-state index is 13.2. The van der Waals surface area contributed by atoms with E-state index in [1.54, 1.807) is 17.0 Å². The van der Waals surface area contributed by atoms with Crippen LogP contribution in [-0.4, -0.2) is 48.1 Å². The van der Waals surface area contributed by atoms with Crippen molar-refractivity contribution in [3.05, 3.63) is 30.1 Å². The van der Waals surface area contributed by atoms with E-state index in [1.807, 2.05) is 11.8 Å². The Labute approximate surface area is 146 Å². The third kappa shape index (κ3) is 2.82. The molecule has 5 nitrogen and oxygen atoms in total. The molecule has 134 valence electrons. The van der Waals surface area contributed by atoms with Crippen LogP contribution in [0.25, 0.3) is 0 Å². The Kier molecular flexibility index (Phi) is 4.02. The molecule has 1 aromatic carbocycles. The summed E-state index contributed by atoms with van der Waals surface area (Å²) in [6.07, 6.45) is 3.76. The van der Waals surface area contributed by atoms with Gasteiger partial charge in [0.2, 0.25) is 5.91 Å². The van der Waals surface area contributed by atoms with Gasteiger partial charge in [-0.2, -0.15) is 0 Å². The Morgan fingerprint density at radius 2 is 1.96 bits per heavy atom. The first-order chi connectivity index (χ1) is 12.0. The van der Waals surface area contributed by atoms with E-state index in [2.05, 4.69) is 0 Å². The minimum Gasteiger partial charge on any atom is -0.361 e. The second-order valence-corrected chi connectivity index (χ2v) is 7.53. The number of nitrogens with zero attached hydrogens (tertiary/aromatic N) is 2. The van der Waals surface area contributed by atoms with Crippen LogP contribution in [0.3, 0.4) is 0 Å². The van der Waals surface area contributed by atoms with Crippen molar-refractivity contribution in [2.24, 2.45) is 5.92 Å². The molecule has 1 aromatic rings. The molecule has 4 rings (SSSR count). The zero-order valence-electron chi connectivity index (χ0n) is 14.4. The van der Waals surface area contributed by atoms with Crippen molar-refractivity contribution in [2.45, 2.75) is 44.2 Å². The molecule has 2 amide bonds. The number of benzene rings is 1. The molecule has 2 aliphatic heterocycles. The second-order valence-electron chi connectivity index (χ2n) is 7.53. The number of carbonyl (C=O) groups is 2. The summed E-state index contributed by atoms with van der Waals surface area (Å²) in [6.45, 7) is 3.08. The minimum atomic E-state index is -0.597. The number of amides is 2. The van der Waals surface area contributed by atoms with Gasteiger partial charge in [-0.3, -0.25) is 9.59 Å². The predicted molar refractivity (Wildman–Crippen MR) is 90.6 cm³/mol. The molecule has 0 spiro atoms. The standard InChI is InChI=1S/C19H23FN2O3/c1-19-12-21(18(24)13-3-2-4-13)10-9-16(19)22(17(23)11-25-19)15-7-5-14(20)6-8-15/h5-8,13,16H,2-4,9-12H2,1H3/t16-,19-/m1/s1. The summed E-state index contributed by atoms with van der Waals surface area (Å²) in [5.74, 6) is -0.0562. The van der Waals surface area contributed by atoms with Gasteiger partial charge in [-0.05, 0) is 50.5 Å². The number of fused-ring (bicyclic) bond motifs is 1. The Hall–Kier alpha value is -1.95. The van der Waals surface area contributed by atoms with E-state index in [0.717, 1.165) is 19.3 Å². The van der Waals surface area contributed by atoms with Crippen LogP contribution in [0.15, 0.2) is 24.3 Å². The van der Waals surface area contributed by atoms with E-state index in [1.165, 1.54) is 12.1 Å². The van der Waals surface area contributed by atoms with Crippen molar-refractivity contribution >= 4 is 17.5 Å². The van der Waals surface area contributed by atoms with Gasteiger partial charge in [0, 0.05) is 18.2 Å². The highest BCUT2D eigenvalue weighted by molar-refractivity contribution is 5.96. The number of anilines is 1. The molecule has 3 aliphatic rings. The van der Waals surface area contributed by atoms with Gasteiger partial charge in [-0.15, -0.1) is 0 Å². The quantitative estimate of drug-likeness (QED) is 0.826. The van der Waals surface area contributed by atoms with Gasteiger partial charge in [-0.1, -0.05) is 6.42 Å². The fourth-order valence-electron chi connectivity index (χ4n) is 4.19. The zero-order valence-corrected chi connectivity index (χ0v) is 14.4. The monoisotopic (exact) mass is 346 g/mol. The van der Waals surface area contributed by atoms with Crippen LogP contribution in [0.1, 0.15) is 32.6 Å². The average molecular weight is 346 g/mol. The fraction of sp³-hybridized carbons (Fsp3) is 0.579. The van der Waals surface area contributed by atoms with Crippen LogP contribution in [0.2, 0.25) is 0 Å². The number of rotatable bonds is 2. The van der Waals surface area contributed by atoms with E-state index < -0.39 is 5.60 Å². The number of ether oxygens (including phenoxy) is 1. The largest absolute Gasteiger partial charge is 0.361 e. The maximum absolute atomic E-state index is 13.2. The first-order valence-corrected chi connectivity index (χ1v) is 8.98. The number of carbonyl (C=O) groups excluding carboxylic acids is 2. The van der Waals surface area contributed by atoms with Gasteiger partial charge in [-0.25, -0.2) is 4.39 Å². The number of likely N-dealkylation sites (tertiary alicyclic amines) is 1. The Morgan fingerprint density at radius 3 is 2.60 bits per heavy atom. The van der Waals surface area contributed by atoms with Crippen molar-refractivity contribution in [1.82, 2.24) is 4.90 Å². The van der Waals surface area contributed by atoms with Crippen LogP contribution in [0, 0.1) is 11.7 Å². The lowest BCUT2D eigenvalue weighted by Gasteiger charge is -2.53. The van der Waals surface area contributed by atoms with Crippen molar-refractivity contribution in [3.63, 3.8) is 0 Å². The molecule has 0 unspecified atom stereocenters. The Morgan fingerprint density at radius 1 is 1.24 bits per heavy atom. The van der Waals surface area contributed by atoms with Gasteiger partial charge < -0.3 is 14.5 Å². The highest BCUT2D eigenvalue weighted by Gasteiger charge is 2.50. The van der Waals surface area contributed by atoms with Gasteiger partial charge in [0.05, 0.1) is 12.6 Å². The molecular weight excluding hydrogens is 323 g/mol. The van der Waals surface area contributed by atoms with E-state index in [0.29, 0.717) is 25.2 Å². The maximum Gasteiger partial charge on any atom is 0.253 e. The van der Waals surface area contributed by atoms with E-state index in [9.17, 15) is 14.0 Å². The van der Waals surface area contributed by atoms with Crippen molar-refractivity contribution in [1.29, 1.82) is 0 Å². The number of piperidine rings is 1. The summed E-state index contributed by atoms with van der Waals surface area (Å²) < 4.78 is 19.2. The first-order valence-electron chi connectivity index (χ1n) is 8.98. The van der Waals surface area contributed by atoms with Gasteiger partial charge in [0.15, 0.2) is 0 Å². The second kappa shape index (κ2) is 6.09. The van der Waals surface area contributed by atoms with Crippen molar-refractivity contribution < 1.29 is 18.7 Å². The van der Waals surface area contributed by atoms with Crippen LogP contribution >= 0.6 is 0 Å². The highest BCUT2D eigenvalue weighted by Crippen LogP contribution is 2.37. The third-order valence-corrected chi connectivity index (χ3v) is 5.86. The molecule has 1 aliphatic carbocycles.